The molecule has 144 valence electrons. The quantitative estimate of drug-likeness (QED) is 0.361. The Bertz CT molecular complexity index is 631. The van der Waals surface area contributed by atoms with Crippen LogP contribution in [-0.2, 0) is 25.5 Å². The summed E-state index contributed by atoms with van der Waals surface area (Å²) >= 11 is 2.73. The summed E-state index contributed by atoms with van der Waals surface area (Å²) in [5.41, 5.74) is 0. The van der Waals surface area contributed by atoms with Crippen molar-refractivity contribution in [3.8, 4) is 0 Å². The van der Waals surface area contributed by atoms with Crippen molar-refractivity contribution in [3.05, 3.63) is 21.9 Å². The van der Waals surface area contributed by atoms with E-state index in [-0.39, 0.29) is 18.5 Å². The Balaban J connectivity index is 1.85. The number of hydrogen-bond acceptors (Lipinski definition) is 7. The zero-order chi connectivity index (χ0) is 18.9. The lowest BCUT2D eigenvalue weighted by atomic mass is 10.2. The first-order chi connectivity index (χ1) is 12.6. The Morgan fingerprint density at radius 1 is 1.27 bits per heavy atom. The van der Waals surface area contributed by atoms with Gasteiger partial charge in [-0.3, -0.25) is 9.59 Å². The van der Waals surface area contributed by atoms with Crippen molar-refractivity contribution in [1.29, 1.82) is 0 Å². The predicted molar refractivity (Wildman–Crippen MR) is 103 cm³/mol. The second-order valence-corrected chi connectivity index (χ2v) is 8.21. The summed E-state index contributed by atoms with van der Waals surface area (Å²) in [6.07, 6.45) is 2.50. The summed E-state index contributed by atoms with van der Waals surface area (Å²) in [4.78, 5) is 39.6. The summed E-state index contributed by atoms with van der Waals surface area (Å²) in [5, 5.41) is -0.754. The van der Waals surface area contributed by atoms with Crippen molar-refractivity contribution in [2.75, 3.05) is 32.1 Å². The minimum Gasteiger partial charge on any atom is -0.465 e. The largest absolute Gasteiger partial charge is 0.465 e. The van der Waals surface area contributed by atoms with Gasteiger partial charge in [0.2, 0.25) is 5.91 Å². The van der Waals surface area contributed by atoms with Crippen LogP contribution in [0.1, 0.15) is 41.2 Å². The van der Waals surface area contributed by atoms with Crippen molar-refractivity contribution in [3.63, 3.8) is 0 Å². The van der Waals surface area contributed by atoms with Gasteiger partial charge in [-0.2, -0.15) is 0 Å². The molecule has 1 saturated heterocycles. The summed E-state index contributed by atoms with van der Waals surface area (Å²) in [5.74, 6) is -0.215. The maximum absolute atomic E-state index is 12.5. The molecule has 6 nitrogen and oxygen atoms in total. The molecule has 1 aliphatic rings. The van der Waals surface area contributed by atoms with Crippen LogP contribution in [0.3, 0.4) is 0 Å². The van der Waals surface area contributed by atoms with Gasteiger partial charge in [-0.25, -0.2) is 4.79 Å². The Morgan fingerprint density at radius 3 is 2.81 bits per heavy atom. The van der Waals surface area contributed by atoms with E-state index in [2.05, 4.69) is 0 Å². The zero-order valence-corrected chi connectivity index (χ0v) is 16.8. The van der Waals surface area contributed by atoms with Gasteiger partial charge in [0.05, 0.1) is 13.2 Å². The molecular formula is C18H25NO5S2. The summed E-state index contributed by atoms with van der Waals surface area (Å²) in [6, 6.07) is 3.66. The summed E-state index contributed by atoms with van der Waals surface area (Å²) < 4.78 is 10.2. The fraction of sp³-hybridized carbons (Fsp3) is 0.611. The first-order valence-corrected chi connectivity index (χ1v) is 10.8. The molecule has 1 fully saturated rings. The van der Waals surface area contributed by atoms with Gasteiger partial charge < -0.3 is 14.4 Å². The average Bonchev–Trinajstić information content (AvgIpc) is 3.10. The van der Waals surface area contributed by atoms with E-state index in [1.54, 1.807) is 17.9 Å². The molecule has 8 heteroatoms. The first-order valence-electron chi connectivity index (χ1n) is 8.89. The highest BCUT2D eigenvalue weighted by atomic mass is 32.2. The third-order valence-electron chi connectivity index (χ3n) is 3.90. The van der Waals surface area contributed by atoms with E-state index in [4.69, 9.17) is 9.47 Å². The molecule has 0 saturated carbocycles. The Labute approximate surface area is 162 Å². The molecule has 1 aliphatic heterocycles. The van der Waals surface area contributed by atoms with Gasteiger partial charge in [-0.15, -0.1) is 23.1 Å². The summed E-state index contributed by atoms with van der Waals surface area (Å²) in [6.45, 7) is 5.64. The third-order valence-corrected chi connectivity index (χ3v) is 6.18. The van der Waals surface area contributed by atoms with Gasteiger partial charge in [0.1, 0.15) is 4.88 Å². The van der Waals surface area contributed by atoms with Crippen LogP contribution < -0.4 is 0 Å². The number of rotatable bonds is 9. The molecule has 1 aromatic rings. The van der Waals surface area contributed by atoms with Crippen LogP contribution in [0.5, 0.6) is 0 Å². The topological polar surface area (TPSA) is 72.9 Å². The fourth-order valence-electron chi connectivity index (χ4n) is 2.48. The van der Waals surface area contributed by atoms with E-state index < -0.39 is 11.2 Å². The number of carbonyl (C=O) groups excluding carboxylic acids is 3. The number of thioether (sulfide) groups is 1. The lowest BCUT2D eigenvalue weighted by Gasteiger charge is -2.30. The van der Waals surface area contributed by atoms with Crippen LogP contribution in [0.4, 0.5) is 0 Å². The zero-order valence-electron chi connectivity index (χ0n) is 15.2. The molecule has 0 spiro atoms. The molecular weight excluding hydrogens is 374 g/mol. The Kier molecular flexibility index (Phi) is 8.44. The van der Waals surface area contributed by atoms with Gasteiger partial charge in [-0.05, 0) is 31.9 Å². The number of esters is 2. The SMILES string of the molecule is CCCCOC(=O)c1ccc(CCN2CCS[C@H](C(=O)OCC)C2=O)s1. The second kappa shape index (κ2) is 10.6. The van der Waals surface area contributed by atoms with E-state index >= 15 is 0 Å². The van der Waals surface area contributed by atoms with Gasteiger partial charge in [0.25, 0.3) is 0 Å². The molecule has 0 bridgehead atoms. The van der Waals surface area contributed by atoms with Crippen molar-refractivity contribution >= 4 is 40.9 Å². The molecule has 1 atom stereocenters. The molecule has 1 amide bonds. The minimum atomic E-state index is -0.754. The molecule has 0 unspecified atom stereocenters. The second-order valence-electron chi connectivity index (χ2n) is 5.83. The normalized spacial score (nSPS) is 17.2. The molecule has 26 heavy (non-hydrogen) atoms. The van der Waals surface area contributed by atoms with Gasteiger partial charge in [0.15, 0.2) is 5.25 Å². The number of carbonyl (C=O) groups is 3. The molecule has 2 heterocycles. The Morgan fingerprint density at radius 2 is 2.08 bits per heavy atom. The highest BCUT2D eigenvalue weighted by molar-refractivity contribution is 8.01. The molecule has 2 rings (SSSR count). The predicted octanol–water partition coefficient (Wildman–Crippen LogP) is 2.75. The van der Waals surface area contributed by atoms with Gasteiger partial charge >= 0.3 is 11.9 Å². The van der Waals surface area contributed by atoms with Crippen LogP contribution >= 0.6 is 23.1 Å². The molecule has 0 N–H and O–H groups in total. The number of unbranched alkanes of at least 4 members (excludes halogenated alkanes) is 1. The standard InChI is InChI=1S/C18H25NO5S2/c1-3-5-11-24-17(21)14-7-6-13(26-14)8-9-19-10-12-25-15(16(19)20)18(22)23-4-2/h6-7,15H,3-5,8-12H2,1-2H3/t15-/m0/s1. The number of thiophene rings is 1. The van der Waals surface area contributed by atoms with E-state index in [1.165, 1.54) is 23.1 Å². The van der Waals surface area contributed by atoms with E-state index in [0.29, 0.717) is 36.7 Å². The van der Waals surface area contributed by atoms with Crippen LogP contribution in [0.25, 0.3) is 0 Å². The smallest absolute Gasteiger partial charge is 0.348 e. The lowest BCUT2D eigenvalue weighted by molar-refractivity contribution is -0.147. The van der Waals surface area contributed by atoms with E-state index in [9.17, 15) is 14.4 Å². The van der Waals surface area contributed by atoms with Crippen molar-refractivity contribution in [2.45, 2.75) is 38.4 Å². The molecule has 1 aromatic heterocycles. The van der Waals surface area contributed by atoms with Crippen LogP contribution in [0.2, 0.25) is 0 Å². The minimum absolute atomic E-state index is 0.185. The van der Waals surface area contributed by atoms with E-state index in [0.717, 1.165) is 17.7 Å². The van der Waals surface area contributed by atoms with Crippen LogP contribution in [0, 0.1) is 0 Å². The van der Waals surface area contributed by atoms with Crippen molar-refractivity contribution in [2.24, 2.45) is 0 Å². The molecule has 0 aromatic carbocycles. The van der Waals surface area contributed by atoms with E-state index in [1.807, 2.05) is 13.0 Å². The fourth-order valence-corrected chi connectivity index (χ4v) is 4.43. The maximum Gasteiger partial charge on any atom is 0.348 e. The number of ether oxygens (including phenoxy) is 2. The lowest BCUT2D eigenvalue weighted by Crippen LogP contribution is -2.48. The number of amides is 1. The number of hydrogen-bond donors (Lipinski definition) is 0. The summed E-state index contributed by atoms with van der Waals surface area (Å²) in [7, 11) is 0. The average molecular weight is 400 g/mol. The molecule has 0 aliphatic carbocycles. The van der Waals surface area contributed by atoms with Crippen molar-refractivity contribution < 1.29 is 23.9 Å². The maximum atomic E-state index is 12.5. The first kappa shape index (κ1) is 20.8. The highest BCUT2D eigenvalue weighted by Gasteiger charge is 2.35. The monoisotopic (exact) mass is 399 g/mol. The van der Waals surface area contributed by atoms with Crippen LogP contribution in [-0.4, -0.2) is 60.1 Å². The van der Waals surface area contributed by atoms with Crippen molar-refractivity contribution in [1.82, 2.24) is 4.90 Å². The Hall–Kier alpha value is -1.54. The number of nitrogens with zero attached hydrogens (tertiary/aromatic N) is 1. The third kappa shape index (κ3) is 5.74. The van der Waals surface area contributed by atoms with Gasteiger partial charge in [0, 0.05) is 23.7 Å². The van der Waals surface area contributed by atoms with Gasteiger partial charge in [-0.1, -0.05) is 13.3 Å². The molecule has 0 radical (unpaired) electrons. The van der Waals surface area contributed by atoms with Crippen LogP contribution in [0.15, 0.2) is 12.1 Å². The highest BCUT2D eigenvalue weighted by Crippen LogP contribution is 2.23.